The van der Waals surface area contributed by atoms with Crippen molar-refractivity contribution >= 4 is 5.91 Å². The summed E-state index contributed by atoms with van der Waals surface area (Å²) in [5, 5.41) is 0. The molecule has 0 bridgehead atoms. The molecule has 0 N–H and O–H groups in total. The van der Waals surface area contributed by atoms with Crippen LogP contribution in [-0.2, 0) is 10.9 Å². The largest absolute Gasteiger partial charge is 0.419 e. The highest BCUT2D eigenvalue weighted by atomic mass is 19.4. The number of carbonyl (C=O) groups excluding carboxylic acids is 1. The molecule has 2 rings (SSSR count). The average molecular weight is 305 g/mol. The standard InChI is InChI=1S/C14H15F4NO2/c1-8-6-19(7-9(2)21-8)13(20)10-3-4-12(15)11(5-10)14(16,17)18/h3-5,8-9H,6-7H2,1-2H3. The third-order valence-corrected chi connectivity index (χ3v) is 3.23. The van der Waals surface area contributed by atoms with Gasteiger partial charge in [-0.05, 0) is 32.0 Å². The van der Waals surface area contributed by atoms with Crippen LogP contribution in [0.1, 0.15) is 29.8 Å². The number of hydrogen-bond donors (Lipinski definition) is 0. The smallest absolute Gasteiger partial charge is 0.372 e. The normalized spacial score (nSPS) is 23.2. The highest BCUT2D eigenvalue weighted by Gasteiger charge is 2.35. The van der Waals surface area contributed by atoms with Crippen LogP contribution in [0.4, 0.5) is 17.6 Å². The lowest BCUT2D eigenvalue weighted by molar-refractivity contribution is -0.140. The zero-order valence-electron chi connectivity index (χ0n) is 11.6. The van der Waals surface area contributed by atoms with E-state index in [0.717, 1.165) is 6.07 Å². The van der Waals surface area contributed by atoms with Crippen molar-refractivity contribution in [1.82, 2.24) is 4.90 Å². The molecule has 3 nitrogen and oxygen atoms in total. The van der Waals surface area contributed by atoms with Gasteiger partial charge in [-0.3, -0.25) is 4.79 Å². The summed E-state index contributed by atoms with van der Waals surface area (Å²) in [7, 11) is 0. The Morgan fingerprint density at radius 3 is 2.33 bits per heavy atom. The van der Waals surface area contributed by atoms with Gasteiger partial charge in [0.05, 0.1) is 17.8 Å². The molecule has 1 aliphatic heterocycles. The Morgan fingerprint density at radius 2 is 1.81 bits per heavy atom. The summed E-state index contributed by atoms with van der Waals surface area (Å²) in [6.45, 7) is 4.15. The van der Waals surface area contributed by atoms with E-state index in [9.17, 15) is 22.4 Å². The molecular weight excluding hydrogens is 290 g/mol. The Kier molecular flexibility index (Phi) is 4.22. The SMILES string of the molecule is CC1CN(C(=O)c2ccc(F)c(C(F)(F)F)c2)CC(C)O1. The van der Waals surface area contributed by atoms with E-state index in [1.54, 1.807) is 13.8 Å². The van der Waals surface area contributed by atoms with Gasteiger partial charge in [0.1, 0.15) is 5.82 Å². The predicted molar refractivity (Wildman–Crippen MR) is 67.3 cm³/mol. The lowest BCUT2D eigenvalue weighted by atomic mass is 10.1. The first-order valence-electron chi connectivity index (χ1n) is 6.50. The fourth-order valence-electron chi connectivity index (χ4n) is 2.40. The van der Waals surface area contributed by atoms with Crippen molar-refractivity contribution in [2.24, 2.45) is 0 Å². The number of nitrogens with zero attached hydrogens (tertiary/aromatic N) is 1. The second-order valence-corrected chi connectivity index (χ2v) is 5.16. The van der Waals surface area contributed by atoms with Gasteiger partial charge < -0.3 is 9.64 Å². The maximum absolute atomic E-state index is 13.2. The molecule has 21 heavy (non-hydrogen) atoms. The molecule has 1 aromatic rings. The second-order valence-electron chi connectivity index (χ2n) is 5.16. The molecule has 0 saturated carbocycles. The first kappa shape index (κ1) is 15.8. The van der Waals surface area contributed by atoms with Crippen LogP contribution in [0.25, 0.3) is 0 Å². The number of benzene rings is 1. The molecule has 1 aliphatic rings. The van der Waals surface area contributed by atoms with E-state index in [0.29, 0.717) is 25.2 Å². The third-order valence-electron chi connectivity index (χ3n) is 3.23. The number of morpholine rings is 1. The first-order valence-corrected chi connectivity index (χ1v) is 6.50. The van der Waals surface area contributed by atoms with E-state index in [1.165, 1.54) is 4.90 Å². The molecule has 0 radical (unpaired) electrons. The van der Waals surface area contributed by atoms with Crippen LogP contribution in [0.3, 0.4) is 0 Å². The van der Waals surface area contributed by atoms with Crippen LogP contribution in [0.2, 0.25) is 0 Å². The van der Waals surface area contributed by atoms with Crippen molar-refractivity contribution in [1.29, 1.82) is 0 Å². The predicted octanol–water partition coefficient (Wildman–Crippen LogP) is 3.09. The van der Waals surface area contributed by atoms with Crippen LogP contribution in [0.15, 0.2) is 18.2 Å². The van der Waals surface area contributed by atoms with Crippen molar-refractivity contribution < 1.29 is 27.1 Å². The van der Waals surface area contributed by atoms with Gasteiger partial charge in [-0.2, -0.15) is 13.2 Å². The summed E-state index contributed by atoms with van der Waals surface area (Å²) < 4.78 is 56.7. The van der Waals surface area contributed by atoms with Crippen molar-refractivity contribution in [2.45, 2.75) is 32.2 Å². The number of rotatable bonds is 1. The second kappa shape index (κ2) is 5.63. The molecule has 7 heteroatoms. The topological polar surface area (TPSA) is 29.5 Å². The highest BCUT2D eigenvalue weighted by molar-refractivity contribution is 5.94. The fourth-order valence-corrected chi connectivity index (χ4v) is 2.40. The molecular formula is C14H15F4NO2. The number of alkyl halides is 3. The van der Waals surface area contributed by atoms with Gasteiger partial charge in [-0.25, -0.2) is 4.39 Å². The Bertz CT molecular complexity index is 534. The lowest BCUT2D eigenvalue weighted by Gasteiger charge is -2.35. The van der Waals surface area contributed by atoms with Crippen LogP contribution in [-0.4, -0.2) is 36.1 Å². The Morgan fingerprint density at radius 1 is 1.24 bits per heavy atom. The van der Waals surface area contributed by atoms with E-state index < -0.39 is 23.5 Å². The number of ether oxygens (including phenoxy) is 1. The fraction of sp³-hybridized carbons (Fsp3) is 0.500. The molecule has 0 spiro atoms. The molecule has 1 amide bonds. The van der Waals surface area contributed by atoms with Gasteiger partial charge in [0.2, 0.25) is 0 Å². The van der Waals surface area contributed by atoms with Crippen LogP contribution >= 0.6 is 0 Å². The highest BCUT2D eigenvalue weighted by Crippen LogP contribution is 2.32. The number of amides is 1. The molecule has 2 atom stereocenters. The Balaban J connectivity index is 2.27. The van der Waals surface area contributed by atoms with Gasteiger partial charge in [-0.1, -0.05) is 0 Å². The van der Waals surface area contributed by atoms with Gasteiger partial charge >= 0.3 is 6.18 Å². The number of halogens is 4. The van der Waals surface area contributed by atoms with E-state index in [4.69, 9.17) is 4.74 Å². The molecule has 0 aromatic heterocycles. The van der Waals surface area contributed by atoms with Crippen LogP contribution < -0.4 is 0 Å². The van der Waals surface area contributed by atoms with Crippen molar-refractivity contribution in [3.8, 4) is 0 Å². The first-order chi connectivity index (χ1) is 9.68. The van der Waals surface area contributed by atoms with Gasteiger partial charge in [0.25, 0.3) is 5.91 Å². The molecule has 1 aromatic carbocycles. The molecule has 116 valence electrons. The minimum absolute atomic E-state index is 0.176. The summed E-state index contributed by atoms with van der Waals surface area (Å²) in [5.74, 6) is -1.94. The maximum atomic E-state index is 13.2. The van der Waals surface area contributed by atoms with Gasteiger partial charge in [0.15, 0.2) is 0 Å². The lowest BCUT2D eigenvalue weighted by Crippen LogP contribution is -2.48. The summed E-state index contributed by atoms with van der Waals surface area (Å²) in [6.07, 6.45) is -5.22. The van der Waals surface area contributed by atoms with E-state index >= 15 is 0 Å². The van der Waals surface area contributed by atoms with Crippen molar-refractivity contribution in [2.75, 3.05) is 13.1 Å². The van der Waals surface area contributed by atoms with E-state index in [2.05, 4.69) is 0 Å². The molecule has 1 fully saturated rings. The molecule has 2 unspecified atom stereocenters. The summed E-state index contributed by atoms with van der Waals surface area (Å²) in [6, 6.07) is 2.30. The molecule has 1 heterocycles. The van der Waals surface area contributed by atoms with Gasteiger partial charge in [-0.15, -0.1) is 0 Å². The number of carbonyl (C=O) groups is 1. The number of hydrogen-bond acceptors (Lipinski definition) is 2. The van der Waals surface area contributed by atoms with Crippen molar-refractivity contribution in [3.05, 3.63) is 35.1 Å². The molecule has 0 aliphatic carbocycles. The Hall–Kier alpha value is -1.63. The maximum Gasteiger partial charge on any atom is 0.419 e. The van der Waals surface area contributed by atoms with E-state index in [-0.39, 0.29) is 17.8 Å². The zero-order valence-corrected chi connectivity index (χ0v) is 11.6. The van der Waals surface area contributed by atoms with Crippen LogP contribution in [0, 0.1) is 5.82 Å². The zero-order chi connectivity index (χ0) is 15.8. The average Bonchev–Trinajstić information content (AvgIpc) is 2.36. The summed E-state index contributed by atoms with van der Waals surface area (Å²) in [5.41, 5.74) is -1.60. The minimum Gasteiger partial charge on any atom is -0.372 e. The van der Waals surface area contributed by atoms with E-state index in [1.807, 2.05) is 0 Å². The quantitative estimate of drug-likeness (QED) is 0.746. The Labute approximate surface area is 119 Å². The monoisotopic (exact) mass is 305 g/mol. The van der Waals surface area contributed by atoms with Gasteiger partial charge in [0, 0.05) is 18.7 Å². The van der Waals surface area contributed by atoms with Crippen molar-refractivity contribution in [3.63, 3.8) is 0 Å². The minimum atomic E-state index is -4.83. The third kappa shape index (κ3) is 3.53. The summed E-state index contributed by atoms with van der Waals surface area (Å²) >= 11 is 0. The molecule has 1 saturated heterocycles. The summed E-state index contributed by atoms with van der Waals surface area (Å²) in [4.78, 5) is 13.7. The van der Waals surface area contributed by atoms with Crippen LogP contribution in [0.5, 0.6) is 0 Å².